The van der Waals surface area contributed by atoms with E-state index < -0.39 is 17.2 Å². The molecule has 4 nitrogen and oxygen atoms in total. The SMILES string of the molecule is CC(C)(O)c1cccc(C(=O)Oc2ccccc2)c1C(C)(C)O. The van der Waals surface area contributed by atoms with Gasteiger partial charge in [0.05, 0.1) is 16.8 Å². The van der Waals surface area contributed by atoms with Gasteiger partial charge in [0.25, 0.3) is 0 Å². The molecule has 0 fully saturated rings. The van der Waals surface area contributed by atoms with Gasteiger partial charge in [-0.2, -0.15) is 0 Å². The highest BCUT2D eigenvalue weighted by atomic mass is 16.5. The summed E-state index contributed by atoms with van der Waals surface area (Å²) in [4.78, 5) is 12.5. The number of para-hydroxylation sites is 1. The van der Waals surface area contributed by atoms with Gasteiger partial charge in [-0.15, -0.1) is 0 Å². The van der Waals surface area contributed by atoms with Crippen LogP contribution in [-0.4, -0.2) is 16.2 Å². The minimum atomic E-state index is -1.30. The Labute approximate surface area is 136 Å². The third kappa shape index (κ3) is 3.97. The van der Waals surface area contributed by atoms with Gasteiger partial charge in [0.15, 0.2) is 0 Å². The van der Waals surface area contributed by atoms with E-state index in [1.54, 1.807) is 70.2 Å². The molecule has 0 aliphatic heterocycles. The largest absolute Gasteiger partial charge is 0.423 e. The number of aliphatic hydroxyl groups is 2. The number of hydrogen-bond acceptors (Lipinski definition) is 4. The van der Waals surface area contributed by atoms with Crippen LogP contribution in [0.4, 0.5) is 0 Å². The first-order valence-corrected chi connectivity index (χ1v) is 7.46. The smallest absolute Gasteiger partial charge is 0.343 e. The number of esters is 1. The molecule has 0 saturated heterocycles. The van der Waals surface area contributed by atoms with Crippen LogP contribution in [0.2, 0.25) is 0 Å². The van der Waals surface area contributed by atoms with Gasteiger partial charge >= 0.3 is 5.97 Å². The van der Waals surface area contributed by atoms with Gasteiger partial charge in [0.2, 0.25) is 0 Å². The molecule has 0 amide bonds. The Morgan fingerprint density at radius 2 is 1.48 bits per heavy atom. The molecular formula is C19H22O4. The van der Waals surface area contributed by atoms with Crippen molar-refractivity contribution in [3.8, 4) is 5.75 Å². The monoisotopic (exact) mass is 314 g/mol. The fourth-order valence-electron chi connectivity index (χ4n) is 2.54. The van der Waals surface area contributed by atoms with Crippen LogP contribution in [0.3, 0.4) is 0 Å². The summed E-state index contributed by atoms with van der Waals surface area (Å²) in [6, 6.07) is 13.7. The number of carbonyl (C=O) groups is 1. The first-order chi connectivity index (χ1) is 10.6. The lowest BCUT2D eigenvalue weighted by Crippen LogP contribution is -2.29. The van der Waals surface area contributed by atoms with E-state index in [9.17, 15) is 15.0 Å². The molecule has 0 spiro atoms. The van der Waals surface area contributed by atoms with E-state index in [1.807, 2.05) is 6.07 Å². The Morgan fingerprint density at radius 3 is 2.00 bits per heavy atom. The van der Waals surface area contributed by atoms with E-state index in [4.69, 9.17) is 4.74 Å². The van der Waals surface area contributed by atoms with E-state index >= 15 is 0 Å². The second kappa shape index (κ2) is 6.14. The number of ether oxygens (including phenoxy) is 1. The minimum absolute atomic E-state index is 0.237. The van der Waals surface area contributed by atoms with Crippen LogP contribution in [0.15, 0.2) is 48.5 Å². The zero-order valence-electron chi connectivity index (χ0n) is 13.8. The molecule has 0 atom stereocenters. The second-order valence-electron chi connectivity index (χ2n) is 6.55. The van der Waals surface area contributed by atoms with E-state index in [0.29, 0.717) is 16.9 Å². The van der Waals surface area contributed by atoms with E-state index in [0.717, 1.165) is 0 Å². The summed E-state index contributed by atoms with van der Waals surface area (Å²) in [5.41, 5.74) is -1.40. The quantitative estimate of drug-likeness (QED) is 0.671. The molecule has 2 aromatic carbocycles. The molecule has 0 aliphatic rings. The fraction of sp³-hybridized carbons (Fsp3) is 0.316. The maximum atomic E-state index is 12.5. The molecule has 23 heavy (non-hydrogen) atoms. The zero-order valence-corrected chi connectivity index (χ0v) is 13.8. The van der Waals surface area contributed by atoms with Gasteiger partial charge in [0, 0.05) is 5.56 Å². The summed E-state index contributed by atoms with van der Waals surface area (Å²) in [7, 11) is 0. The topological polar surface area (TPSA) is 66.8 Å². The van der Waals surface area contributed by atoms with Crippen molar-refractivity contribution in [2.75, 3.05) is 0 Å². The summed E-state index contributed by atoms with van der Waals surface area (Å²) in [5, 5.41) is 20.9. The predicted molar refractivity (Wildman–Crippen MR) is 88.3 cm³/mol. The molecule has 0 saturated carbocycles. The summed E-state index contributed by atoms with van der Waals surface area (Å²) < 4.78 is 5.37. The molecule has 2 rings (SSSR count). The second-order valence-corrected chi connectivity index (χ2v) is 6.55. The van der Waals surface area contributed by atoms with Gasteiger partial charge in [-0.1, -0.05) is 30.3 Å². The number of carbonyl (C=O) groups excluding carboxylic acids is 1. The van der Waals surface area contributed by atoms with Crippen molar-refractivity contribution in [3.05, 3.63) is 65.2 Å². The van der Waals surface area contributed by atoms with Crippen LogP contribution < -0.4 is 4.74 Å². The van der Waals surface area contributed by atoms with Crippen LogP contribution in [-0.2, 0) is 11.2 Å². The van der Waals surface area contributed by atoms with Gasteiger partial charge in [0.1, 0.15) is 5.75 Å². The minimum Gasteiger partial charge on any atom is -0.423 e. The van der Waals surface area contributed by atoms with Crippen LogP contribution >= 0.6 is 0 Å². The number of benzene rings is 2. The maximum Gasteiger partial charge on any atom is 0.343 e. The Balaban J connectivity index is 2.52. The number of hydrogen-bond donors (Lipinski definition) is 2. The van der Waals surface area contributed by atoms with Gasteiger partial charge in [-0.05, 0) is 51.5 Å². The third-order valence-corrected chi connectivity index (χ3v) is 3.51. The molecule has 0 aliphatic carbocycles. The third-order valence-electron chi connectivity index (χ3n) is 3.51. The molecule has 2 aromatic rings. The first-order valence-electron chi connectivity index (χ1n) is 7.46. The summed E-state index contributed by atoms with van der Waals surface area (Å²) in [6.07, 6.45) is 0. The van der Waals surface area contributed by atoms with Gasteiger partial charge in [-0.3, -0.25) is 0 Å². The van der Waals surface area contributed by atoms with E-state index in [-0.39, 0.29) is 5.56 Å². The lowest BCUT2D eigenvalue weighted by atomic mass is 9.82. The highest BCUT2D eigenvalue weighted by Crippen LogP contribution is 2.34. The summed E-state index contributed by atoms with van der Waals surface area (Å²) >= 11 is 0. The Kier molecular flexibility index (Phi) is 4.59. The van der Waals surface area contributed by atoms with Crippen molar-refractivity contribution < 1.29 is 19.7 Å². The van der Waals surface area contributed by atoms with Crippen LogP contribution in [0.1, 0.15) is 49.2 Å². The molecule has 122 valence electrons. The van der Waals surface area contributed by atoms with E-state index in [1.165, 1.54) is 0 Å². The molecule has 0 aromatic heterocycles. The van der Waals surface area contributed by atoms with Crippen molar-refractivity contribution in [1.82, 2.24) is 0 Å². The van der Waals surface area contributed by atoms with Gasteiger partial charge < -0.3 is 14.9 Å². The van der Waals surface area contributed by atoms with Crippen LogP contribution in [0.25, 0.3) is 0 Å². The summed E-state index contributed by atoms with van der Waals surface area (Å²) in [5.74, 6) is -0.146. The highest BCUT2D eigenvalue weighted by molar-refractivity contribution is 5.93. The van der Waals surface area contributed by atoms with Crippen molar-refractivity contribution in [2.45, 2.75) is 38.9 Å². The molecule has 0 bridgehead atoms. The highest BCUT2D eigenvalue weighted by Gasteiger charge is 2.32. The normalized spacial score (nSPS) is 12.1. The van der Waals surface area contributed by atoms with Crippen molar-refractivity contribution >= 4 is 5.97 Å². The van der Waals surface area contributed by atoms with Crippen LogP contribution in [0, 0.1) is 0 Å². The predicted octanol–water partition coefficient (Wildman–Crippen LogP) is 3.36. The standard InChI is InChI=1S/C19H22O4/c1-18(2,21)15-12-8-11-14(16(15)19(3,4)22)17(20)23-13-9-6-5-7-10-13/h5-12,21-22H,1-4H3. The van der Waals surface area contributed by atoms with Crippen LogP contribution in [0.5, 0.6) is 5.75 Å². The van der Waals surface area contributed by atoms with Crippen molar-refractivity contribution in [3.63, 3.8) is 0 Å². The zero-order chi connectivity index (χ0) is 17.3. The molecule has 0 radical (unpaired) electrons. The average molecular weight is 314 g/mol. The van der Waals surface area contributed by atoms with Gasteiger partial charge in [-0.25, -0.2) is 4.79 Å². The Morgan fingerprint density at radius 1 is 0.870 bits per heavy atom. The lowest BCUT2D eigenvalue weighted by molar-refractivity contribution is 0.0494. The maximum absolute atomic E-state index is 12.5. The van der Waals surface area contributed by atoms with E-state index in [2.05, 4.69) is 0 Å². The Hall–Kier alpha value is -2.17. The molecule has 0 unspecified atom stereocenters. The molecule has 4 heteroatoms. The average Bonchev–Trinajstić information content (AvgIpc) is 2.45. The summed E-state index contributed by atoms with van der Waals surface area (Å²) in [6.45, 7) is 6.39. The molecular weight excluding hydrogens is 292 g/mol. The van der Waals surface area contributed by atoms with Crippen molar-refractivity contribution in [1.29, 1.82) is 0 Å². The fourth-order valence-corrected chi connectivity index (χ4v) is 2.54. The molecule has 2 N–H and O–H groups in total. The Bertz CT molecular complexity index is 692. The molecule has 0 heterocycles. The number of rotatable bonds is 4. The van der Waals surface area contributed by atoms with Crippen molar-refractivity contribution in [2.24, 2.45) is 0 Å². The first kappa shape index (κ1) is 17.2. The lowest BCUT2D eigenvalue weighted by Gasteiger charge is -2.29.